The molecule has 2 unspecified atom stereocenters. The van der Waals surface area contributed by atoms with Crippen LogP contribution in [-0.4, -0.2) is 22.7 Å². The summed E-state index contributed by atoms with van der Waals surface area (Å²) in [6, 6.07) is 4.73. The summed E-state index contributed by atoms with van der Waals surface area (Å²) in [6.45, 7) is 1.99. The van der Waals surface area contributed by atoms with Gasteiger partial charge in [0.05, 0.1) is 5.56 Å². The van der Waals surface area contributed by atoms with Crippen molar-refractivity contribution in [1.29, 1.82) is 0 Å². The first-order valence-electron chi connectivity index (χ1n) is 6.00. The van der Waals surface area contributed by atoms with Gasteiger partial charge in [0, 0.05) is 23.7 Å². The number of aliphatic hydroxyl groups excluding tert-OH is 1. The van der Waals surface area contributed by atoms with Crippen LogP contribution in [0.2, 0.25) is 0 Å². The van der Waals surface area contributed by atoms with Gasteiger partial charge in [-0.25, -0.2) is 0 Å². The first-order valence-corrected chi connectivity index (χ1v) is 7.05. The van der Waals surface area contributed by atoms with E-state index in [1.807, 2.05) is 6.92 Å². The third kappa shape index (κ3) is 5.04. The van der Waals surface area contributed by atoms with Gasteiger partial charge in [-0.05, 0) is 18.1 Å². The lowest BCUT2D eigenvalue weighted by Crippen LogP contribution is -2.20. The average molecular weight is 293 g/mol. The number of thioether (sulfide) groups is 1. The standard InChI is InChI=1S/C13H18F3NOS/c1-9(6-7-18)19-8-12(17)10-4-2-3-5-11(10)13(14,15)16/h2-5,9,12,18H,6-8,17H2,1H3. The van der Waals surface area contributed by atoms with Gasteiger partial charge in [0.25, 0.3) is 0 Å². The van der Waals surface area contributed by atoms with Crippen molar-refractivity contribution in [2.45, 2.75) is 30.8 Å². The van der Waals surface area contributed by atoms with Gasteiger partial charge in [-0.15, -0.1) is 0 Å². The highest BCUT2D eigenvalue weighted by atomic mass is 32.2. The van der Waals surface area contributed by atoms with Gasteiger partial charge in [0.1, 0.15) is 0 Å². The molecule has 1 rings (SSSR count). The summed E-state index contributed by atoms with van der Waals surface area (Å²) in [6.07, 6.45) is -3.77. The van der Waals surface area contributed by atoms with Crippen molar-refractivity contribution < 1.29 is 18.3 Å². The summed E-state index contributed by atoms with van der Waals surface area (Å²) < 4.78 is 38.5. The van der Waals surface area contributed by atoms with Gasteiger partial charge in [0.2, 0.25) is 0 Å². The fourth-order valence-corrected chi connectivity index (χ4v) is 2.69. The Labute approximate surface area is 115 Å². The zero-order valence-corrected chi connectivity index (χ0v) is 11.5. The molecule has 0 saturated carbocycles. The molecule has 1 aromatic carbocycles. The van der Waals surface area contributed by atoms with Gasteiger partial charge in [-0.3, -0.25) is 0 Å². The first-order chi connectivity index (χ1) is 8.86. The van der Waals surface area contributed by atoms with Crippen molar-refractivity contribution in [1.82, 2.24) is 0 Å². The Balaban J connectivity index is 2.74. The SMILES string of the molecule is CC(CCO)SCC(N)c1ccccc1C(F)(F)F. The Morgan fingerprint density at radius 2 is 1.95 bits per heavy atom. The molecule has 0 fully saturated rings. The van der Waals surface area contributed by atoms with Crippen molar-refractivity contribution in [2.75, 3.05) is 12.4 Å². The Hall–Kier alpha value is -0.720. The summed E-state index contributed by atoms with van der Waals surface area (Å²) in [4.78, 5) is 0. The minimum Gasteiger partial charge on any atom is -0.396 e. The van der Waals surface area contributed by atoms with Gasteiger partial charge >= 0.3 is 6.18 Å². The lowest BCUT2D eigenvalue weighted by molar-refractivity contribution is -0.138. The third-order valence-electron chi connectivity index (χ3n) is 2.76. The van der Waals surface area contributed by atoms with Crippen LogP contribution in [0.3, 0.4) is 0 Å². The molecule has 0 saturated heterocycles. The van der Waals surface area contributed by atoms with Crippen molar-refractivity contribution in [3.8, 4) is 0 Å². The van der Waals surface area contributed by atoms with Crippen LogP contribution in [0.1, 0.15) is 30.5 Å². The van der Waals surface area contributed by atoms with E-state index in [1.165, 1.54) is 23.9 Å². The molecule has 2 atom stereocenters. The molecule has 6 heteroatoms. The molecule has 0 amide bonds. The average Bonchev–Trinajstić information content (AvgIpc) is 2.35. The summed E-state index contributed by atoms with van der Waals surface area (Å²) in [5.41, 5.74) is 5.31. The smallest absolute Gasteiger partial charge is 0.396 e. The molecular formula is C13H18F3NOS. The van der Waals surface area contributed by atoms with Crippen LogP contribution in [0.25, 0.3) is 0 Å². The van der Waals surface area contributed by atoms with Crippen LogP contribution in [0, 0.1) is 0 Å². The fourth-order valence-electron chi connectivity index (χ4n) is 1.70. The van der Waals surface area contributed by atoms with E-state index >= 15 is 0 Å². The largest absolute Gasteiger partial charge is 0.416 e. The molecule has 3 N–H and O–H groups in total. The van der Waals surface area contributed by atoms with Gasteiger partial charge in [-0.2, -0.15) is 24.9 Å². The Bertz CT molecular complexity index is 398. The summed E-state index contributed by atoms with van der Waals surface area (Å²) in [7, 11) is 0. The molecule has 0 aromatic heterocycles. The highest BCUT2D eigenvalue weighted by molar-refractivity contribution is 7.99. The number of nitrogens with two attached hydrogens (primary N) is 1. The molecular weight excluding hydrogens is 275 g/mol. The van der Waals surface area contributed by atoms with Crippen LogP contribution < -0.4 is 5.73 Å². The minimum absolute atomic E-state index is 0.0720. The minimum atomic E-state index is -4.38. The quantitative estimate of drug-likeness (QED) is 0.846. The molecule has 0 radical (unpaired) electrons. The molecule has 108 valence electrons. The number of benzene rings is 1. The second-order valence-electron chi connectivity index (χ2n) is 4.35. The van der Waals surface area contributed by atoms with Crippen molar-refractivity contribution >= 4 is 11.8 Å². The fraction of sp³-hybridized carbons (Fsp3) is 0.538. The van der Waals surface area contributed by atoms with E-state index in [0.29, 0.717) is 12.2 Å². The summed E-state index contributed by atoms with van der Waals surface area (Å²) >= 11 is 1.47. The molecule has 19 heavy (non-hydrogen) atoms. The summed E-state index contributed by atoms with van der Waals surface area (Å²) in [5, 5.41) is 8.95. The second kappa shape index (κ2) is 7.17. The van der Waals surface area contributed by atoms with Crippen LogP contribution in [0.15, 0.2) is 24.3 Å². The van der Waals surface area contributed by atoms with Crippen molar-refractivity contribution in [3.05, 3.63) is 35.4 Å². The van der Waals surface area contributed by atoms with Crippen LogP contribution in [-0.2, 0) is 6.18 Å². The lowest BCUT2D eigenvalue weighted by atomic mass is 10.0. The van der Waals surface area contributed by atoms with Gasteiger partial charge in [-0.1, -0.05) is 25.1 Å². The van der Waals surface area contributed by atoms with Crippen LogP contribution in [0.4, 0.5) is 13.2 Å². The van der Waals surface area contributed by atoms with E-state index in [0.717, 1.165) is 6.07 Å². The molecule has 0 aliphatic carbocycles. The molecule has 0 aliphatic rings. The number of rotatable bonds is 6. The number of alkyl halides is 3. The highest BCUT2D eigenvalue weighted by Crippen LogP contribution is 2.35. The molecule has 2 nitrogen and oxygen atoms in total. The van der Waals surface area contributed by atoms with Crippen LogP contribution in [0.5, 0.6) is 0 Å². The first kappa shape index (κ1) is 16.3. The molecule has 0 aliphatic heterocycles. The van der Waals surface area contributed by atoms with E-state index < -0.39 is 17.8 Å². The predicted octanol–water partition coefficient (Wildman–Crippen LogP) is 3.21. The van der Waals surface area contributed by atoms with E-state index in [2.05, 4.69) is 0 Å². The maximum Gasteiger partial charge on any atom is 0.416 e. The van der Waals surface area contributed by atoms with E-state index in [9.17, 15) is 13.2 Å². The predicted molar refractivity (Wildman–Crippen MR) is 72.0 cm³/mol. The van der Waals surface area contributed by atoms with E-state index in [4.69, 9.17) is 10.8 Å². The van der Waals surface area contributed by atoms with Crippen molar-refractivity contribution in [3.63, 3.8) is 0 Å². The Morgan fingerprint density at radius 3 is 2.53 bits per heavy atom. The lowest BCUT2D eigenvalue weighted by Gasteiger charge is -2.19. The number of hydrogen-bond donors (Lipinski definition) is 2. The molecule has 0 spiro atoms. The number of aliphatic hydroxyl groups is 1. The van der Waals surface area contributed by atoms with Gasteiger partial charge in [0.15, 0.2) is 0 Å². The number of hydrogen-bond acceptors (Lipinski definition) is 3. The molecule has 1 aromatic rings. The molecule has 0 bridgehead atoms. The van der Waals surface area contributed by atoms with E-state index in [-0.39, 0.29) is 17.4 Å². The number of halogens is 3. The maximum absolute atomic E-state index is 12.8. The Morgan fingerprint density at radius 1 is 1.32 bits per heavy atom. The molecule has 0 heterocycles. The van der Waals surface area contributed by atoms with Crippen LogP contribution >= 0.6 is 11.8 Å². The second-order valence-corrected chi connectivity index (χ2v) is 5.82. The zero-order chi connectivity index (χ0) is 14.5. The van der Waals surface area contributed by atoms with Gasteiger partial charge < -0.3 is 10.8 Å². The van der Waals surface area contributed by atoms with E-state index in [1.54, 1.807) is 6.07 Å². The topological polar surface area (TPSA) is 46.2 Å². The Kier molecular flexibility index (Phi) is 6.16. The maximum atomic E-state index is 12.8. The van der Waals surface area contributed by atoms with Crippen molar-refractivity contribution in [2.24, 2.45) is 5.73 Å². The monoisotopic (exact) mass is 293 g/mol. The summed E-state index contributed by atoms with van der Waals surface area (Å²) in [5.74, 6) is 0.397. The highest BCUT2D eigenvalue weighted by Gasteiger charge is 2.34. The zero-order valence-electron chi connectivity index (χ0n) is 10.7. The normalized spacial score (nSPS) is 15.3. The third-order valence-corrected chi connectivity index (χ3v) is 4.12.